The van der Waals surface area contributed by atoms with Crippen LogP contribution in [0.25, 0.3) is 22.6 Å². The molecule has 2 aromatic heterocycles. The second kappa shape index (κ2) is 7.53. The zero-order valence-corrected chi connectivity index (χ0v) is 16.3. The summed E-state index contributed by atoms with van der Waals surface area (Å²) in [7, 11) is 4.71. The monoisotopic (exact) mass is 384 g/mol. The third kappa shape index (κ3) is 3.08. The average Bonchev–Trinajstić information content (AvgIpc) is 3.07. The smallest absolute Gasteiger partial charge is 0.329 e. The van der Waals surface area contributed by atoms with Crippen LogP contribution in [-0.4, -0.2) is 40.8 Å². The number of fused-ring (bicyclic) bond motifs is 1. The molecule has 1 saturated carbocycles. The summed E-state index contributed by atoms with van der Waals surface area (Å²) < 4.78 is 18.0. The Labute approximate surface area is 162 Å². The van der Waals surface area contributed by atoms with Crippen molar-refractivity contribution in [3.8, 4) is 28.5 Å². The van der Waals surface area contributed by atoms with Crippen LogP contribution in [0.2, 0.25) is 0 Å². The van der Waals surface area contributed by atoms with Crippen molar-refractivity contribution in [2.45, 2.75) is 38.1 Å². The molecule has 2 heterocycles. The Balaban J connectivity index is 1.85. The maximum absolute atomic E-state index is 12.5. The number of nitrogens with one attached hydrogen (secondary N) is 1. The Hall–Kier alpha value is -3.03. The van der Waals surface area contributed by atoms with Crippen molar-refractivity contribution in [3.63, 3.8) is 0 Å². The second-order valence-electron chi connectivity index (χ2n) is 6.93. The molecule has 1 N–H and O–H groups in total. The highest BCUT2D eigenvalue weighted by atomic mass is 16.5. The average molecular weight is 384 g/mol. The first kappa shape index (κ1) is 18.3. The summed E-state index contributed by atoms with van der Waals surface area (Å²) >= 11 is 0. The van der Waals surface area contributed by atoms with Gasteiger partial charge in [-0.05, 0) is 25.0 Å². The fraction of sp³-hybridized carbons (Fsp3) is 0.450. The SMILES string of the molecule is COc1cc(-c2cnc3[nH]c(=O)n(C4CCCCC4)c3n2)cc(OC)c1OC. The number of imidazole rings is 1. The van der Waals surface area contributed by atoms with Crippen LogP contribution in [-0.2, 0) is 0 Å². The summed E-state index contributed by atoms with van der Waals surface area (Å²) in [5.41, 5.74) is 2.35. The van der Waals surface area contributed by atoms with Crippen LogP contribution in [0.15, 0.2) is 23.1 Å². The normalized spacial score (nSPS) is 15.0. The third-order valence-electron chi connectivity index (χ3n) is 5.33. The van der Waals surface area contributed by atoms with E-state index in [0.29, 0.717) is 34.2 Å². The van der Waals surface area contributed by atoms with Gasteiger partial charge >= 0.3 is 5.69 Å². The van der Waals surface area contributed by atoms with Crippen molar-refractivity contribution < 1.29 is 14.2 Å². The molecule has 1 fully saturated rings. The van der Waals surface area contributed by atoms with Crippen LogP contribution >= 0.6 is 0 Å². The number of hydrogen-bond acceptors (Lipinski definition) is 6. The third-order valence-corrected chi connectivity index (χ3v) is 5.33. The number of H-pyrrole nitrogens is 1. The molecule has 8 nitrogen and oxygen atoms in total. The van der Waals surface area contributed by atoms with E-state index in [1.165, 1.54) is 6.42 Å². The minimum Gasteiger partial charge on any atom is -0.493 e. The maximum atomic E-state index is 12.5. The molecule has 1 aliphatic carbocycles. The van der Waals surface area contributed by atoms with Gasteiger partial charge in [-0.15, -0.1) is 0 Å². The lowest BCUT2D eigenvalue weighted by Gasteiger charge is -2.22. The van der Waals surface area contributed by atoms with E-state index in [9.17, 15) is 4.79 Å². The molecule has 148 valence electrons. The molecule has 3 aromatic rings. The van der Waals surface area contributed by atoms with E-state index in [-0.39, 0.29) is 11.7 Å². The highest BCUT2D eigenvalue weighted by molar-refractivity contribution is 5.73. The van der Waals surface area contributed by atoms with Gasteiger partial charge in [0.15, 0.2) is 22.8 Å². The quantitative estimate of drug-likeness (QED) is 0.726. The van der Waals surface area contributed by atoms with Crippen LogP contribution in [0, 0.1) is 0 Å². The fourth-order valence-electron chi connectivity index (χ4n) is 3.94. The van der Waals surface area contributed by atoms with Gasteiger partial charge in [0, 0.05) is 11.6 Å². The molecule has 0 saturated heterocycles. The van der Waals surface area contributed by atoms with E-state index in [1.807, 2.05) is 12.1 Å². The second-order valence-corrected chi connectivity index (χ2v) is 6.93. The molecule has 1 aliphatic rings. The van der Waals surface area contributed by atoms with Crippen molar-refractivity contribution in [2.24, 2.45) is 0 Å². The predicted molar refractivity (Wildman–Crippen MR) is 105 cm³/mol. The van der Waals surface area contributed by atoms with Crippen LogP contribution in [0.5, 0.6) is 17.2 Å². The molecule has 8 heteroatoms. The largest absolute Gasteiger partial charge is 0.493 e. The molecule has 0 atom stereocenters. The van der Waals surface area contributed by atoms with Crippen molar-refractivity contribution in [1.82, 2.24) is 19.5 Å². The number of aromatic nitrogens is 4. The summed E-state index contributed by atoms with van der Waals surface area (Å²) in [6, 6.07) is 3.82. The standard InChI is InChI=1S/C20H24N4O4/c1-26-15-9-12(10-16(27-2)17(15)28-3)14-11-21-18-19(22-14)24(20(25)23-18)13-7-5-4-6-8-13/h9-11,13H,4-8H2,1-3H3,(H,21,23,25). The molecular formula is C20H24N4O4. The maximum Gasteiger partial charge on any atom is 0.329 e. The van der Waals surface area contributed by atoms with E-state index in [2.05, 4.69) is 9.97 Å². The minimum absolute atomic E-state index is 0.149. The Morgan fingerprint density at radius 2 is 1.71 bits per heavy atom. The van der Waals surface area contributed by atoms with E-state index in [1.54, 1.807) is 32.1 Å². The zero-order valence-electron chi connectivity index (χ0n) is 16.3. The highest BCUT2D eigenvalue weighted by Crippen LogP contribution is 2.41. The Morgan fingerprint density at radius 1 is 1.04 bits per heavy atom. The lowest BCUT2D eigenvalue weighted by Crippen LogP contribution is -2.24. The van der Waals surface area contributed by atoms with Crippen molar-refractivity contribution in [2.75, 3.05) is 21.3 Å². The number of nitrogens with zero attached hydrogens (tertiary/aromatic N) is 3. The van der Waals surface area contributed by atoms with E-state index >= 15 is 0 Å². The number of benzene rings is 1. The number of methoxy groups -OCH3 is 3. The summed E-state index contributed by atoms with van der Waals surface area (Å²) in [4.78, 5) is 24.6. The van der Waals surface area contributed by atoms with Gasteiger partial charge in [0.1, 0.15) is 0 Å². The Morgan fingerprint density at radius 3 is 2.32 bits per heavy atom. The van der Waals surface area contributed by atoms with Crippen molar-refractivity contribution in [3.05, 3.63) is 28.8 Å². The zero-order chi connectivity index (χ0) is 19.7. The summed E-state index contributed by atoms with van der Waals surface area (Å²) in [6.45, 7) is 0. The number of hydrogen-bond donors (Lipinski definition) is 1. The molecular weight excluding hydrogens is 360 g/mol. The van der Waals surface area contributed by atoms with Crippen LogP contribution in [0.4, 0.5) is 0 Å². The summed E-state index contributed by atoms with van der Waals surface area (Å²) in [5.74, 6) is 1.60. The first-order chi connectivity index (χ1) is 13.7. The molecule has 28 heavy (non-hydrogen) atoms. The Kier molecular flexibility index (Phi) is 4.93. The molecule has 0 unspecified atom stereocenters. The first-order valence-electron chi connectivity index (χ1n) is 9.44. The summed E-state index contributed by atoms with van der Waals surface area (Å²) in [5, 5.41) is 0. The van der Waals surface area contributed by atoms with Gasteiger partial charge < -0.3 is 14.2 Å². The van der Waals surface area contributed by atoms with E-state index < -0.39 is 0 Å². The first-order valence-corrected chi connectivity index (χ1v) is 9.44. The van der Waals surface area contributed by atoms with Crippen LogP contribution in [0.3, 0.4) is 0 Å². The molecule has 1 aromatic carbocycles. The van der Waals surface area contributed by atoms with Crippen molar-refractivity contribution in [1.29, 1.82) is 0 Å². The number of aromatic amines is 1. The van der Waals surface area contributed by atoms with Gasteiger partial charge in [0.25, 0.3) is 0 Å². The van der Waals surface area contributed by atoms with Gasteiger partial charge in [0.05, 0.1) is 33.2 Å². The molecule has 0 aliphatic heterocycles. The van der Waals surface area contributed by atoms with Crippen LogP contribution in [0.1, 0.15) is 38.1 Å². The van der Waals surface area contributed by atoms with E-state index in [4.69, 9.17) is 19.2 Å². The van der Waals surface area contributed by atoms with Gasteiger partial charge in [-0.25, -0.2) is 14.8 Å². The molecule has 4 rings (SSSR count). The molecule has 0 spiro atoms. The molecule has 0 amide bonds. The van der Waals surface area contributed by atoms with E-state index in [0.717, 1.165) is 31.2 Å². The van der Waals surface area contributed by atoms with Gasteiger partial charge in [-0.3, -0.25) is 9.55 Å². The Bertz CT molecular complexity index is 1030. The van der Waals surface area contributed by atoms with Gasteiger partial charge in [-0.1, -0.05) is 19.3 Å². The van der Waals surface area contributed by atoms with Gasteiger partial charge in [-0.2, -0.15) is 0 Å². The topological polar surface area (TPSA) is 91.3 Å². The highest BCUT2D eigenvalue weighted by Gasteiger charge is 2.22. The predicted octanol–water partition coefficient (Wildman–Crippen LogP) is 3.32. The molecule has 0 bridgehead atoms. The lowest BCUT2D eigenvalue weighted by atomic mass is 9.95. The van der Waals surface area contributed by atoms with Gasteiger partial charge in [0.2, 0.25) is 5.75 Å². The number of rotatable bonds is 5. The van der Waals surface area contributed by atoms with Crippen molar-refractivity contribution >= 4 is 11.3 Å². The molecule has 0 radical (unpaired) electrons. The fourth-order valence-corrected chi connectivity index (χ4v) is 3.94. The van der Waals surface area contributed by atoms with Crippen LogP contribution < -0.4 is 19.9 Å². The summed E-state index contributed by atoms with van der Waals surface area (Å²) in [6.07, 6.45) is 7.10. The lowest BCUT2D eigenvalue weighted by molar-refractivity contribution is 0.324. The minimum atomic E-state index is -0.149. The number of ether oxygens (including phenoxy) is 3.